The van der Waals surface area contributed by atoms with Crippen molar-refractivity contribution in [2.45, 2.75) is 170 Å². The predicted octanol–water partition coefficient (Wildman–Crippen LogP) is 5.28. The lowest BCUT2D eigenvalue weighted by Crippen LogP contribution is -2.63. The third-order valence-corrected chi connectivity index (χ3v) is 11.8. The first kappa shape index (κ1) is 41.9. The van der Waals surface area contributed by atoms with Gasteiger partial charge < -0.3 is 25.8 Å². The lowest BCUT2D eigenvalue weighted by atomic mass is 9.81. The molecule has 2 aliphatic carbocycles. The first-order valence-corrected chi connectivity index (χ1v) is 19.9. The Morgan fingerprint density at radius 1 is 0.849 bits per heavy atom. The summed E-state index contributed by atoms with van der Waals surface area (Å²) in [6.07, 6.45) is 9.10. The molecule has 6 atom stereocenters. The van der Waals surface area contributed by atoms with E-state index in [1.807, 2.05) is 27.7 Å². The van der Waals surface area contributed by atoms with Crippen molar-refractivity contribution in [1.82, 2.24) is 25.8 Å². The maximum absolute atomic E-state index is 14.9. The zero-order valence-electron chi connectivity index (χ0n) is 33.4. The third-order valence-electron chi connectivity index (χ3n) is 11.8. The molecule has 4 N–H and O–H groups in total. The summed E-state index contributed by atoms with van der Waals surface area (Å²) >= 11 is 0. The molecule has 1 saturated heterocycles. The zero-order chi connectivity index (χ0) is 39.4. The van der Waals surface area contributed by atoms with E-state index in [2.05, 4.69) is 20.9 Å². The molecule has 2 saturated carbocycles. The number of aryl methyl sites for hydroxylation is 1. The first-order chi connectivity index (χ1) is 24.9. The molecule has 294 valence electrons. The molecule has 0 bridgehead atoms. The number of nitrogens with zero attached hydrogens (tertiary/aromatic N) is 1. The number of carbonyl (C=O) groups excluding carboxylic acids is 7. The van der Waals surface area contributed by atoms with Gasteiger partial charge in [-0.1, -0.05) is 80.1 Å². The Hall–Kier alpha value is -3.83. The van der Waals surface area contributed by atoms with E-state index in [0.29, 0.717) is 36.1 Å². The van der Waals surface area contributed by atoms with E-state index < -0.39 is 64.8 Å². The van der Waals surface area contributed by atoms with E-state index in [9.17, 15) is 33.6 Å². The van der Waals surface area contributed by atoms with Crippen molar-refractivity contribution < 1.29 is 33.6 Å². The number of carbonyl (C=O) groups is 7. The van der Waals surface area contributed by atoms with Crippen LogP contribution >= 0.6 is 0 Å². The highest BCUT2D eigenvalue weighted by molar-refractivity contribution is 6.40. The van der Waals surface area contributed by atoms with Crippen molar-refractivity contribution in [2.75, 3.05) is 0 Å². The highest BCUT2D eigenvalue weighted by Gasteiger charge is 2.51. The number of likely N-dealkylation sites (tertiary alicyclic amines) is 1. The number of hydrogen-bond acceptors (Lipinski definition) is 7. The Bertz CT molecular complexity index is 1570. The zero-order valence-corrected chi connectivity index (χ0v) is 33.4. The van der Waals surface area contributed by atoms with Gasteiger partial charge in [-0.2, -0.15) is 0 Å². The van der Waals surface area contributed by atoms with Gasteiger partial charge in [0, 0.05) is 17.7 Å². The summed E-state index contributed by atoms with van der Waals surface area (Å²) in [6.45, 7) is 15.8. The first-order valence-electron chi connectivity index (χ1n) is 19.9. The number of hydrogen-bond donors (Lipinski definition) is 4. The van der Waals surface area contributed by atoms with Gasteiger partial charge in [0.15, 0.2) is 5.78 Å². The summed E-state index contributed by atoms with van der Waals surface area (Å²) < 4.78 is 0. The van der Waals surface area contributed by atoms with E-state index in [1.165, 1.54) is 6.92 Å². The summed E-state index contributed by atoms with van der Waals surface area (Å²) in [6, 6.07) is -4.03. The Kier molecular flexibility index (Phi) is 13.9. The van der Waals surface area contributed by atoms with Crippen molar-refractivity contribution in [3.8, 4) is 0 Å². The minimum Gasteiger partial charge on any atom is -0.354 e. The van der Waals surface area contributed by atoms with Gasteiger partial charge in [-0.3, -0.25) is 33.6 Å². The van der Waals surface area contributed by atoms with Gasteiger partial charge in [0.1, 0.15) is 23.8 Å². The summed E-state index contributed by atoms with van der Waals surface area (Å²) in [5.41, 5.74) is 1.01. The van der Waals surface area contributed by atoms with Gasteiger partial charge in [-0.15, -0.1) is 0 Å². The fraction of sp³-hybridized carbons (Fsp3) is 0.732. The summed E-state index contributed by atoms with van der Waals surface area (Å²) in [4.78, 5) is 100. The summed E-state index contributed by atoms with van der Waals surface area (Å²) in [7, 11) is 0. The molecule has 4 rings (SSSR count). The highest BCUT2D eigenvalue weighted by atomic mass is 16.2. The van der Waals surface area contributed by atoms with Crippen LogP contribution < -0.4 is 16.0 Å². The van der Waals surface area contributed by atoms with Crippen LogP contribution in [0.4, 0.5) is 0 Å². The van der Waals surface area contributed by atoms with Crippen LogP contribution in [0.5, 0.6) is 0 Å². The molecule has 3 fully saturated rings. The van der Waals surface area contributed by atoms with Gasteiger partial charge in [-0.05, 0) is 82.1 Å². The number of H-pyrrole nitrogens is 1. The van der Waals surface area contributed by atoms with Gasteiger partial charge >= 0.3 is 0 Å². The van der Waals surface area contributed by atoms with Gasteiger partial charge in [-0.25, -0.2) is 0 Å². The van der Waals surface area contributed by atoms with Crippen LogP contribution in [0.3, 0.4) is 0 Å². The van der Waals surface area contributed by atoms with E-state index >= 15 is 0 Å². The summed E-state index contributed by atoms with van der Waals surface area (Å²) in [5.74, 6) is -3.86. The molecule has 53 heavy (non-hydrogen) atoms. The molecule has 0 radical (unpaired) electrons. The lowest BCUT2D eigenvalue weighted by Gasteiger charge is -2.40. The highest BCUT2D eigenvalue weighted by Crippen LogP contribution is 2.41. The molecule has 12 nitrogen and oxygen atoms in total. The van der Waals surface area contributed by atoms with Crippen LogP contribution in [0, 0.1) is 37.0 Å². The molecular formula is C41H63N5O7. The normalized spacial score (nSPS) is 22.4. The number of rotatable bonds is 14. The molecule has 3 aliphatic rings. The largest absolute Gasteiger partial charge is 0.354 e. The predicted molar refractivity (Wildman–Crippen MR) is 202 cm³/mol. The Morgan fingerprint density at radius 3 is 2.06 bits per heavy atom. The minimum atomic E-state index is -1.03. The lowest BCUT2D eigenvalue weighted by molar-refractivity contribution is -0.147. The molecular weight excluding hydrogens is 674 g/mol. The van der Waals surface area contributed by atoms with Crippen LogP contribution in [0.1, 0.15) is 158 Å². The number of fused-ring (bicyclic) bond motifs is 1. The van der Waals surface area contributed by atoms with E-state index in [0.717, 1.165) is 57.8 Å². The monoisotopic (exact) mass is 737 g/mol. The fourth-order valence-corrected chi connectivity index (χ4v) is 8.73. The Morgan fingerprint density at radius 2 is 1.47 bits per heavy atom. The average molecular weight is 738 g/mol. The molecule has 1 unspecified atom stereocenters. The van der Waals surface area contributed by atoms with Crippen LogP contribution in [0.2, 0.25) is 0 Å². The molecule has 2 heterocycles. The number of nitrogens with one attached hydrogen (secondary N) is 4. The van der Waals surface area contributed by atoms with Crippen molar-refractivity contribution in [3.63, 3.8) is 0 Å². The van der Waals surface area contributed by atoms with Gasteiger partial charge in [0.05, 0.1) is 11.6 Å². The second-order valence-electron chi connectivity index (χ2n) is 17.2. The summed E-state index contributed by atoms with van der Waals surface area (Å²) in [5, 5.41) is 8.87. The van der Waals surface area contributed by atoms with E-state index in [-0.39, 0.29) is 35.3 Å². The topological polar surface area (TPSA) is 175 Å². The minimum absolute atomic E-state index is 0.0925. The maximum Gasteiger partial charge on any atom is 0.269 e. The van der Waals surface area contributed by atoms with E-state index in [1.54, 1.807) is 32.6 Å². The molecule has 0 spiro atoms. The quantitative estimate of drug-likeness (QED) is 0.148. The second kappa shape index (κ2) is 17.5. The number of aromatic amines is 1. The van der Waals surface area contributed by atoms with Crippen molar-refractivity contribution in [2.24, 2.45) is 23.2 Å². The molecule has 12 heteroatoms. The maximum atomic E-state index is 14.9. The van der Waals surface area contributed by atoms with Crippen LogP contribution in [-0.4, -0.2) is 81.1 Å². The average Bonchev–Trinajstić information content (AvgIpc) is 3.65. The van der Waals surface area contributed by atoms with Crippen molar-refractivity contribution >= 4 is 41.0 Å². The number of aromatic nitrogens is 1. The fourth-order valence-electron chi connectivity index (χ4n) is 8.73. The number of ketones is 3. The Labute approximate surface area is 315 Å². The molecule has 1 aromatic rings. The molecule has 1 aromatic heterocycles. The van der Waals surface area contributed by atoms with Crippen LogP contribution in [-0.2, 0) is 24.0 Å². The SMILES string of the molecule is CCC[C@H](NC(=O)[C@@H]1C[C@@H]2CCCC[C@@H]2N1C(=O)[C@@H](NC(=O)C(NC(=O)c1[nH]c(C)c(C)c1C(C)=O)C1CCCCC1)C(C)(C)C)C(=O)C(=O)C(C)C. The molecule has 1 aliphatic heterocycles. The van der Waals surface area contributed by atoms with Crippen LogP contribution in [0.25, 0.3) is 0 Å². The Balaban J connectivity index is 1.65. The van der Waals surface area contributed by atoms with Crippen LogP contribution in [0.15, 0.2) is 0 Å². The third kappa shape index (κ3) is 9.46. The van der Waals surface area contributed by atoms with Gasteiger partial charge in [0.25, 0.3) is 5.91 Å². The van der Waals surface area contributed by atoms with Crippen molar-refractivity contribution in [1.29, 1.82) is 0 Å². The number of Topliss-reactive ketones (excluding diaryl/α,β-unsaturated/α-hetero) is 3. The van der Waals surface area contributed by atoms with E-state index in [4.69, 9.17) is 0 Å². The smallest absolute Gasteiger partial charge is 0.269 e. The van der Waals surface area contributed by atoms with Crippen molar-refractivity contribution in [3.05, 3.63) is 22.5 Å². The number of amides is 4. The molecule has 4 amide bonds. The standard InChI is InChI=1S/C41H63N5O7/c1-10-16-28(35(49)34(48)22(2)3)43-37(50)30-21-27-19-14-15-20-29(27)46(30)40(53)36(41(7,8)9)45-38(51)32(26-17-12-11-13-18-26)44-39(52)33-31(25(6)47)23(4)24(5)42-33/h22,26-30,32,36,42H,10-21H2,1-9H3,(H,43,50)(H,44,52)(H,45,51)/t27-,28-,29-,30-,32?,36+/m0/s1. The molecule has 0 aromatic carbocycles. The van der Waals surface area contributed by atoms with Gasteiger partial charge in [0.2, 0.25) is 29.3 Å². The second-order valence-corrected chi connectivity index (χ2v) is 17.2.